The van der Waals surface area contributed by atoms with Crippen molar-refractivity contribution in [2.24, 2.45) is 11.3 Å². The van der Waals surface area contributed by atoms with Gasteiger partial charge in [-0.3, -0.25) is 24.0 Å². The Morgan fingerprint density at radius 2 is 1.19 bits per heavy atom. The van der Waals surface area contributed by atoms with Crippen molar-refractivity contribution in [3.63, 3.8) is 0 Å². The molecule has 9 N–H and O–H groups in total. The number of phenolic OH excluding ortho intramolecular Hbond substituents is 2. The molecule has 5 amide bonds. The number of amides is 5. The number of ether oxygens (including phenoxy) is 2. The molecule has 2 saturated carbocycles. The number of aromatic hydroxyl groups is 2. The number of aromatic amines is 2. The Morgan fingerprint density at radius 1 is 0.633 bits per heavy atom. The van der Waals surface area contributed by atoms with Crippen molar-refractivity contribution < 1.29 is 62.8 Å². The van der Waals surface area contributed by atoms with Crippen molar-refractivity contribution in [3.8, 4) is 66.5 Å². The molecule has 147 heavy (non-hydrogen) atoms. The third-order valence-electron chi connectivity index (χ3n) is 31.4. The van der Waals surface area contributed by atoms with E-state index in [2.05, 4.69) is 84.9 Å². The van der Waals surface area contributed by atoms with Gasteiger partial charge in [0.1, 0.15) is 41.3 Å². The zero-order valence-corrected chi connectivity index (χ0v) is 85.8. The number of hydrogen-bond acceptors (Lipinski definition) is 29. The van der Waals surface area contributed by atoms with Crippen molar-refractivity contribution in [1.82, 2.24) is 101 Å². The Labute approximate surface area is 860 Å². The minimum absolute atomic E-state index is 0.00947. The number of hydrogen-bond donors (Lipinski definition) is 9. The first kappa shape index (κ1) is 99.6. The van der Waals surface area contributed by atoms with Crippen LogP contribution in [0.4, 0.5) is 16.3 Å². The lowest BCUT2D eigenvalue weighted by molar-refractivity contribution is -0.145. The van der Waals surface area contributed by atoms with E-state index in [-0.39, 0.29) is 105 Å². The van der Waals surface area contributed by atoms with Gasteiger partial charge in [-0.05, 0) is 229 Å². The second-order valence-electron chi connectivity index (χ2n) is 42.6. The number of thiazole rings is 2. The summed E-state index contributed by atoms with van der Waals surface area (Å²) in [6.45, 7) is 22.3. The number of nitrogens with zero attached hydrogens (tertiary/aromatic N) is 17. The van der Waals surface area contributed by atoms with Crippen LogP contribution in [0, 0.1) is 18.3 Å². The normalized spacial score (nSPS) is 21.4. The smallest absolute Gasteiger partial charge is 0.258 e. The molecule has 8 atom stereocenters. The number of H-pyrrole nitrogens is 2. The second kappa shape index (κ2) is 42.1. The van der Waals surface area contributed by atoms with Crippen LogP contribution >= 0.6 is 22.7 Å². The number of unbranched alkanes of at least 4 members (excludes halogenated alkanes) is 1. The zero-order chi connectivity index (χ0) is 102. The van der Waals surface area contributed by atoms with Gasteiger partial charge in [0.2, 0.25) is 35.5 Å². The fourth-order valence-corrected chi connectivity index (χ4v) is 24.8. The molecule has 4 saturated heterocycles. The van der Waals surface area contributed by atoms with Gasteiger partial charge in [0.15, 0.2) is 22.7 Å². The van der Waals surface area contributed by atoms with Crippen LogP contribution in [0.25, 0.3) is 65.5 Å². The maximum Gasteiger partial charge on any atom is 0.258 e. The number of piperidine rings is 2. The molecular weight excluding hydrogens is 1900 g/mol. The number of halogens is 1. The van der Waals surface area contributed by atoms with E-state index in [9.17, 15) is 44.4 Å². The Bertz CT molecular complexity index is 6980. The number of nitrogens with one attached hydrogen (secondary N) is 5. The first-order chi connectivity index (χ1) is 71.0. The van der Waals surface area contributed by atoms with Crippen LogP contribution in [0.5, 0.6) is 23.1 Å². The molecule has 6 fully saturated rings. The molecule has 21 rings (SSSR count). The quantitative estimate of drug-likeness (QED) is 0.0182. The lowest BCUT2D eigenvalue weighted by atomic mass is 9.85. The van der Waals surface area contributed by atoms with Crippen LogP contribution < -0.4 is 35.2 Å². The van der Waals surface area contributed by atoms with Gasteiger partial charge in [-0.25, -0.2) is 34.3 Å². The molecular formula is C110H127FN22O12S2. The van der Waals surface area contributed by atoms with E-state index in [1.807, 2.05) is 130 Å². The monoisotopic (exact) mass is 2030 g/mol. The number of aryl methyl sites for hydroxylation is 1. The molecule has 37 heteroatoms. The second-order valence-corrected chi connectivity index (χ2v) is 44.5. The Hall–Kier alpha value is -13.3. The van der Waals surface area contributed by atoms with Crippen LogP contribution in [0.1, 0.15) is 235 Å². The largest absolute Gasteiger partial charge is 0.507 e. The summed E-state index contributed by atoms with van der Waals surface area (Å²) in [6, 6.07) is 31.2. The van der Waals surface area contributed by atoms with Gasteiger partial charge in [0.05, 0.1) is 80.1 Å². The molecule has 15 heterocycles. The maximum absolute atomic E-state index is 15.1. The predicted molar refractivity (Wildman–Crippen MR) is 555 cm³/mol. The third-order valence-corrected chi connectivity index (χ3v) is 33.5. The third kappa shape index (κ3) is 21.1. The minimum Gasteiger partial charge on any atom is -0.507 e. The van der Waals surface area contributed by atoms with Crippen LogP contribution in [-0.2, 0) is 56.3 Å². The molecule has 2 aliphatic carbocycles. The minimum atomic E-state index is -2.03. The standard InChI is InChI=1S/C110H127FN22O12S2/c1-61(2)94(91-51-92(127-145-91)143-44-14-13-37-128-38-29-66(30-39-128)71-54-114-107(115-55-71)130-42-33-81-95(63(130)4)79-48-83(123-125-100(79)120-81)77-15-9-11-17-88(77)136)104(140)132-58-74(134)46-86(132)102(138)112-52-65-19-21-68(22-20-65)98-85(118-60-146-98)50-93-119-62(3)97(147-93)69-23-24-70(53-113-103(139)87-47-75(135)59-133(87)105(141)99(109(6,7)8)122-106(142)110(111)35-36-110)90(45-69)144-76-27-25-73(26-28-76)129-40-31-67(32-41-129)72-56-116-108(117-57-72)131-43-34-82-96(64(131)5)80-49-84(124-126-101(80)121-82)78-16-10-12-18-89(78)137/h9-12,15-24,45,48-49,51,54-57,60-61,63-64,66-67,73-76,86-87,94,99,134-137H,13-14,25-44,46-47,50,52-53,58-59H2,1-8H3,(H,112,138)(H,113,139)(H,120,125)(H,121,126)(H,122,142)/t63-,64+,73-,74-,75-,76+,86+,87+,94?,99-/m1/s1. The number of benzene rings is 4. The van der Waals surface area contributed by atoms with E-state index in [0.29, 0.717) is 82.5 Å². The number of anilines is 2. The lowest BCUT2D eigenvalue weighted by Gasteiger charge is -2.41. The molecule has 4 aromatic carbocycles. The molecule has 1 unspecified atom stereocenters. The summed E-state index contributed by atoms with van der Waals surface area (Å²) in [7, 11) is 0. The van der Waals surface area contributed by atoms with E-state index in [4.69, 9.17) is 43.9 Å². The van der Waals surface area contributed by atoms with E-state index >= 15 is 4.39 Å². The summed E-state index contributed by atoms with van der Waals surface area (Å²) in [6.07, 6.45) is 17.4. The SMILES string of the molecule is Cc1nc(Cc2ncsc2-c2ccc(CNC(=O)[C@@H]3C[C@@H](O)CN3C(=O)C(c3cc(OCCCCN4CCC(c5cnc(N6CCc7[nH]c8nnc(-c9ccccc9O)cc8c7[C@H]6C)nc5)CC4)no3)C(C)C)cc2)sc1-c1ccc(CNC(=O)[C@@H]2C[C@@H](O)CN2C(=O)[C@@H](NC(=O)C2(F)CC2)C(C)(C)C)c(O[C@H]2CC[C@@H](N3CCC(c4cnc(N5CCc6[nH]c7nnc(-c8ccccc8O)cc7c6[C@@H]5C)nc4)CC3)CC2)c1. The molecule has 0 spiro atoms. The summed E-state index contributed by atoms with van der Waals surface area (Å²) < 4.78 is 34.2. The number of aliphatic hydroxyl groups is 2. The molecule has 768 valence electrons. The average molecular weight is 2030 g/mol. The first-order valence-corrected chi connectivity index (χ1v) is 53.6. The number of aliphatic hydroxyl groups excluding tert-OH is 2. The van der Waals surface area contributed by atoms with Gasteiger partial charge in [-0.2, -0.15) is 0 Å². The van der Waals surface area contributed by atoms with Crippen LogP contribution in [0.3, 0.4) is 0 Å². The number of para-hydroxylation sites is 2. The van der Waals surface area contributed by atoms with Crippen molar-refractivity contribution in [3.05, 3.63) is 206 Å². The Kier molecular flexibility index (Phi) is 28.6. The van der Waals surface area contributed by atoms with Crippen molar-refractivity contribution in [2.75, 3.05) is 75.3 Å². The van der Waals surface area contributed by atoms with Gasteiger partial charge >= 0.3 is 0 Å². The highest BCUT2D eigenvalue weighted by molar-refractivity contribution is 7.15. The highest BCUT2D eigenvalue weighted by Crippen LogP contribution is 2.47. The molecule has 13 aromatic rings. The van der Waals surface area contributed by atoms with Crippen LogP contribution in [0.2, 0.25) is 0 Å². The zero-order valence-electron chi connectivity index (χ0n) is 84.1. The summed E-state index contributed by atoms with van der Waals surface area (Å²) in [5.74, 6) is -0.0349. The summed E-state index contributed by atoms with van der Waals surface area (Å²) in [5.41, 5.74) is 14.8. The van der Waals surface area contributed by atoms with Crippen molar-refractivity contribution >= 4 is 86.2 Å². The van der Waals surface area contributed by atoms with E-state index in [0.717, 1.165) is 221 Å². The van der Waals surface area contributed by atoms with Crippen LogP contribution in [-0.4, -0.2) is 249 Å². The molecule has 34 nitrogen and oxygen atoms in total. The molecule has 9 aromatic heterocycles. The maximum atomic E-state index is 15.1. The lowest BCUT2D eigenvalue weighted by Crippen LogP contribution is -2.59. The summed E-state index contributed by atoms with van der Waals surface area (Å²) in [4.78, 5) is 122. The fraction of sp³-hybridized carbons (Fsp3) is 0.473. The van der Waals surface area contributed by atoms with Gasteiger partial charge in [0.25, 0.3) is 11.8 Å². The highest BCUT2D eigenvalue weighted by atomic mass is 32.1. The van der Waals surface area contributed by atoms with Gasteiger partial charge in [-0.15, -0.1) is 43.1 Å². The van der Waals surface area contributed by atoms with Crippen molar-refractivity contribution in [2.45, 2.75) is 256 Å². The molecule has 6 aliphatic heterocycles. The first-order valence-electron chi connectivity index (χ1n) is 51.9. The number of rotatable bonds is 31. The number of β-amino-alcohol motifs (C(OH)–C–C–N with tert-alkyl or cyclic N) is 2. The van der Waals surface area contributed by atoms with Crippen molar-refractivity contribution in [1.29, 1.82) is 0 Å². The number of alkyl halides is 1. The summed E-state index contributed by atoms with van der Waals surface area (Å²) >= 11 is 3.10. The average Bonchev–Trinajstić information content (AvgIpc) is 1.60. The number of aromatic nitrogens is 13. The highest BCUT2D eigenvalue weighted by Gasteiger charge is 2.54. The number of carbonyl (C=O) groups is 5. The Balaban J connectivity index is 0.417. The topological polar surface area (TPSA) is 427 Å². The summed E-state index contributed by atoms with van der Waals surface area (Å²) in [5, 5.41) is 77.1. The van der Waals surface area contributed by atoms with E-state index in [1.165, 1.54) is 21.1 Å². The number of carbonyl (C=O) groups excluding carboxylic acids is 5. The van der Waals surface area contributed by atoms with E-state index < -0.39 is 65.1 Å². The fourth-order valence-electron chi connectivity index (χ4n) is 22.9. The van der Waals surface area contributed by atoms with Gasteiger partial charge in [0, 0.05) is 158 Å². The van der Waals surface area contributed by atoms with E-state index in [1.54, 1.807) is 62.4 Å². The number of fused-ring (bicyclic) bond motifs is 6. The molecule has 8 aliphatic rings. The van der Waals surface area contributed by atoms with Gasteiger partial charge < -0.3 is 89.7 Å². The Morgan fingerprint density at radius 3 is 1.76 bits per heavy atom. The van der Waals surface area contributed by atoms with Crippen LogP contribution in [0.15, 0.2) is 144 Å². The predicted octanol–water partition coefficient (Wildman–Crippen LogP) is 15.2. The number of phenols is 2. The molecule has 0 radical (unpaired) electrons. The van der Waals surface area contributed by atoms with Gasteiger partial charge in [-0.1, -0.05) is 95.3 Å². The number of likely N-dealkylation sites (tertiary alicyclic amines) is 4. The molecule has 0 bridgehead atoms.